The van der Waals surface area contributed by atoms with Gasteiger partial charge in [0.2, 0.25) is 0 Å². The second-order valence-corrected chi connectivity index (χ2v) is 5.17. The Balaban J connectivity index is 1.89. The summed E-state index contributed by atoms with van der Waals surface area (Å²) in [5, 5.41) is 5.22. The predicted molar refractivity (Wildman–Crippen MR) is 70.3 cm³/mol. The normalized spacial score (nSPS) is 18.1. The predicted octanol–water partition coefficient (Wildman–Crippen LogP) is 0.681. The van der Waals surface area contributed by atoms with Crippen molar-refractivity contribution in [1.82, 2.24) is 19.7 Å². The molecule has 1 aliphatic rings. The van der Waals surface area contributed by atoms with Crippen molar-refractivity contribution in [3.63, 3.8) is 0 Å². The van der Waals surface area contributed by atoms with E-state index in [2.05, 4.69) is 26.9 Å². The summed E-state index contributed by atoms with van der Waals surface area (Å²) in [6.45, 7) is 3.89. The highest BCUT2D eigenvalue weighted by Crippen LogP contribution is 2.31. The number of nitrogens with zero attached hydrogens (tertiary/aromatic N) is 5. The van der Waals surface area contributed by atoms with Crippen molar-refractivity contribution in [2.24, 2.45) is 12.8 Å². The fraction of sp³-hybridized carbons (Fsp3) is 0.583. The van der Waals surface area contributed by atoms with Crippen molar-refractivity contribution >= 4 is 16.9 Å². The molecule has 6 nitrogen and oxygen atoms in total. The third kappa shape index (κ3) is 1.64. The molecule has 0 bridgehead atoms. The van der Waals surface area contributed by atoms with E-state index in [-0.39, 0.29) is 5.54 Å². The van der Waals surface area contributed by atoms with Gasteiger partial charge in [0, 0.05) is 20.1 Å². The van der Waals surface area contributed by atoms with Crippen LogP contribution in [0.3, 0.4) is 0 Å². The molecule has 1 saturated heterocycles. The quantitative estimate of drug-likeness (QED) is 0.862. The maximum atomic E-state index is 6.28. The monoisotopic (exact) mass is 246 g/mol. The van der Waals surface area contributed by atoms with Gasteiger partial charge in [-0.2, -0.15) is 5.10 Å². The summed E-state index contributed by atoms with van der Waals surface area (Å²) in [6.07, 6.45) is 5.60. The van der Waals surface area contributed by atoms with Crippen LogP contribution in [0.15, 0.2) is 12.5 Å². The third-order valence-corrected chi connectivity index (χ3v) is 3.57. The fourth-order valence-corrected chi connectivity index (χ4v) is 2.72. The minimum Gasteiger partial charge on any atom is -0.352 e. The van der Waals surface area contributed by atoms with E-state index in [4.69, 9.17) is 5.73 Å². The minimum absolute atomic E-state index is 0.0474. The first kappa shape index (κ1) is 11.4. The van der Waals surface area contributed by atoms with Gasteiger partial charge in [-0.1, -0.05) is 13.3 Å². The Hall–Kier alpha value is -1.69. The highest BCUT2D eigenvalue weighted by molar-refractivity contribution is 5.87. The van der Waals surface area contributed by atoms with Gasteiger partial charge in [0.1, 0.15) is 12.1 Å². The smallest absolute Gasteiger partial charge is 0.163 e. The molecule has 0 amide bonds. The topological polar surface area (TPSA) is 72.9 Å². The van der Waals surface area contributed by atoms with E-state index in [9.17, 15) is 0 Å². The highest BCUT2D eigenvalue weighted by Gasteiger charge is 2.39. The molecule has 1 fully saturated rings. The Kier molecular flexibility index (Phi) is 2.48. The molecule has 1 aliphatic heterocycles. The van der Waals surface area contributed by atoms with Crippen LogP contribution in [0.1, 0.15) is 19.8 Å². The summed E-state index contributed by atoms with van der Waals surface area (Å²) < 4.78 is 1.77. The van der Waals surface area contributed by atoms with E-state index in [1.807, 2.05) is 13.2 Å². The summed E-state index contributed by atoms with van der Waals surface area (Å²) in [5.74, 6) is 0.949. The second-order valence-electron chi connectivity index (χ2n) is 5.17. The first-order valence-electron chi connectivity index (χ1n) is 6.29. The SMILES string of the molecule is CCCC1(N)CN(c2ncnc3c2cnn3C)C1. The Morgan fingerprint density at radius 3 is 2.89 bits per heavy atom. The van der Waals surface area contributed by atoms with Crippen molar-refractivity contribution in [1.29, 1.82) is 0 Å². The van der Waals surface area contributed by atoms with Crippen LogP contribution in [0.2, 0.25) is 0 Å². The number of hydrogen-bond acceptors (Lipinski definition) is 5. The van der Waals surface area contributed by atoms with Gasteiger partial charge in [-0.3, -0.25) is 4.68 Å². The number of nitrogens with two attached hydrogens (primary N) is 1. The van der Waals surface area contributed by atoms with Crippen molar-refractivity contribution in [3.05, 3.63) is 12.5 Å². The van der Waals surface area contributed by atoms with Crippen molar-refractivity contribution in [3.8, 4) is 0 Å². The van der Waals surface area contributed by atoms with Gasteiger partial charge in [-0.25, -0.2) is 9.97 Å². The summed E-state index contributed by atoms with van der Waals surface area (Å²) >= 11 is 0. The van der Waals surface area contributed by atoms with Gasteiger partial charge < -0.3 is 10.6 Å². The Morgan fingerprint density at radius 2 is 2.17 bits per heavy atom. The van der Waals surface area contributed by atoms with Crippen molar-refractivity contribution in [2.45, 2.75) is 25.3 Å². The lowest BCUT2D eigenvalue weighted by Gasteiger charge is -2.48. The van der Waals surface area contributed by atoms with E-state index in [0.29, 0.717) is 0 Å². The average molecular weight is 246 g/mol. The number of rotatable bonds is 3. The molecule has 96 valence electrons. The molecule has 3 rings (SSSR count). The molecule has 0 radical (unpaired) electrons. The Labute approximate surface area is 106 Å². The number of aromatic nitrogens is 4. The van der Waals surface area contributed by atoms with E-state index in [0.717, 1.165) is 42.8 Å². The molecule has 0 aromatic carbocycles. The van der Waals surface area contributed by atoms with Gasteiger partial charge in [0.25, 0.3) is 0 Å². The van der Waals surface area contributed by atoms with E-state index in [1.165, 1.54) is 0 Å². The van der Waals surface area contributed by atoms with Crippen LogP contribution in [-0.2, 0) is 7.05 Å². The van der Waals surface area contributed by atoms with Crippen LogP contribution in [0.25, 0.3) is 11.0 Å². The molecule has 3 heterocycles. The highest BCUT2D eigenvalue weighted by atomic mass is 15.3. The summed E-state index contributed by atoms with van der Waals surface area (Å²) in [6, 6.07) is 0. The average Bonchev–Trinajstić information content (AvgIpc) is 2.69. The summed E-state index contributed by atoms with van der Waals surface area (Å²) in [4.78, 5) is 10.8. The van der Waals surface area contributed by atoms with Crippen LogP contribution >= 0.6 is 0 Å². The van der Waals surface area contributed by atoms with Crippen molar-refractivity contribution in [2.75, 3.05) is 18.0 Å². The maximum Gasteiger partial charge on any atom is 0.163 e. The van der Waals surface area contributed by atoms with E-state index < -0.39 is 0 Å². The minimum atomic E-state index is -0.0474. The van der Waals surface area contributed by atoms with E-state index >= 15 is 0 Å². The zero-order valence-electron chi connectivity index (χ0n) is 10.8. The largest absolute Gasteiger partial charge is 0.352 e. The summed E-state index contributed by atoms with van der Waals surface area (Å²) in [7, 11) is 1.89. The zero-order valence-corrected chi connectivity index (χ0v) is 10.8. The molecule has 2 aromatic rings. The van der Waals surface area contributed by atoms with Crippen LogP contribution in [-0.4, -0.2) is 38.4 Å². The third-order valence-electron chi connectivity index (χ3n) is 3.57. The van der Waals surface area contributed by atoms with Gasteiger partial charge >= 0.3 is 0 Å². The standard InChI is InChI=1S/C12H18N6/c1-3-4-12(13)6-18(7-12)11-9-5-16-17(2)10(9)14-8-15-11/h5,8H,3-4,6-7,13H2,1-2H3. The molecule has 0 aliphatic carbocycles. The van der Waals surface area contributed by atoms with Crippen LogP contribution in [0.4, 0.5) is 5.82 Å². The molecule has 2 N–H and O–H groups in total. The first-order chi connectivity index (χ1) is 8.63. The Morgan fingerprint density at radius 1 is 1.39 bits per heavy atom. The zero-order chi connectivity index (χ0) is 12.8. The fourth-order valence-electron chi connectivity index (χ4n) is 2.72. The molecule has 0 atom stereocenters. The number of fused-ring (bicyclic) bond motifs is 1. The van der Waals surface area contributed by atoms with Crippen LogP contribution in [0, 0.1) is 0 Å². The maximum absolute atomic E-state index is 6.28. The van der Waals surface area contributed by atoms with E-state index in [1.54, 1.807) is 11.0 Å². The lowest BCUT2D eigenvalue weighted by atomic mass is 9.86. The molecule has 18 heavy (non-hydrogen) atoms. The van der Waals surface area contributed by atoms with Crippen LogP contribution < -0.4 is 10.6 Å². The van der Waals surface area contributed by atoms with Crippen molar-refractivity contribution < 1.29 is 0 Å². The lowest BCUT2D eigenvalue weighted by molar-refractivity contribution is 0.306. The van der Waals surface area contributed by atoms with Crippen LogP contribution in [0.5, 0.6) is 0 Å². The molecule has 6 heteroatoms. The first-order valence-corrected chi connectivity index (χ1v) is 6.29. The molecular formula is C12H18N6. The number of anilines is 1. The lowest BCUT2D eigenvalue weighted by Crippen LogP contribution is -2.67. The molecule has 0 saturated carbocycles. The number of aryl methyl sites for hydroxylation is 1. The molecule has 0 spiro atoms. The van der Waals surface area contributed by atoms with Gasteiger partial charge in [0.15, 0.2) is 5.65 Å². The number of hydrogen-bond donors (Lipinski definition) is 1. The molecule has 2 aromatic heterocycles. The molecule has 0 unspecified atom stereocenters. The Bertz CT molecular complexity index is 569. The van der Waals surface area contributed by atoms with Gasteiger partial charge in [0.05, 0.1) is 17.1 Å². The molecular weight excluding hydrogens is 228 g/mol. The summed E-state index contributed by atoms with van der Waals surface area (Å²) in [5.41, 5.74) is 7.10. The second kappa shape index (κ2) is 3.91. The van der Waals surface area contributed by atoms with Gasteiger partial charge in [-0.05, 0) is 6.42 Å². The van der Waals surface area contributed by atoms with Gasteiger partial charge in [-0.15, -0.1) is 0 Å².